The molecule has 0 unspecified atom stereocenters. The zero-order chi connectivity index (χ0) is 16.1. The third kappa shape index (κ3) is 4.07. The highest BCUT2D eigenvalue weighted by molar-refractivity contribution is 7.99. The highest BCUT2D eigenvalue weighted by Crippen LogP contribution is 2.25. The first kappa shape index (κ1) is 16.0. The molecule has 22 heavy (non-hydrogen) atoms. The van der Waals surface area contributed by atoms with Gasteiger partial charge in [0.15, 0.2) is 5.83 Å². The van der Waals surface area contributed by atoms with Crippen LogP contribution in [0.25, 0.3) is 11.4 Å². The van der Waals surface area contributed by atoms with E-state index in [-0.39, 0.29) is 22.5 Å². The number of benzene rings is 1. The zero-order valence-corrected chi connectivity index (χ0v) is 11.6. The smallest absolute Gasteiger partial charge is 0.301 e. The third-order valence-electron chi connectivity index (χ3n) is 2.50. The van der Waals surface area contributed by atoms with E-state index in [9.17, 15) is 23.3 Å². The van der Waals surface area contributed by atoms with Crippen molar-refractivity contribution in [2.75, 3.05) is 5.75 Å². The molecule has 0 radical (unpaired) electrons. The molecule has 116 valence electrons. The van der Waals surface area contributed by atoms with Crippen molar-refractivity contribution in [1.29, 1.82) is 0 Å². The Morgan fingerprint density at radius 1 is 1.27 bits per heavy atom. The first-order valence-electron chi connectivity index (χ1n) is 5.88. The molecule has 6 nitrogen and oxygen atoms in total. The van der Waals surface area contributed by atoms with Gasteiger partial charge in [0, 0.05) is 29.9 Å². The molecule has 1 aromatic carbocycles. The van der Waals surface area contributed by atoms with Crippen LogP contribution in [0.5, 0.6) is 0 Å². The van der Waals surface area contributed by atoms with Gasteiger partial charge in [0.25, 0.3) is 10.9 Å². The summed E-state index contributed by atoms with van der Waals surface area (Å²) in [5.74, 6) is -1.25. The molecule has 1 aromatic heterocycles. The molecule has 0 aliphatic heterocycles. The van der Waals surface area contributed by atoms with Gasteiger partial charge >= 0.3 is 6.08 Å². The van der Waals surface area contributed by atoms with Crippen LogP contribution in [-0.2, 0) is 0 Å². The summed E-state index contributed by atoms with van der Waals surface area (Å²) in [5.41, 5.74) is 0.430. The number of hydrogen-bond acceptors (Lipinski definition) is 6. The first-order chi connectivity index (χ1) is 10.5. The van der Waals surface area contributed by atoms with E-state index in [2.05, 4.69) is 10.1 Å². The normalized spacial score (nSPS) is 10.5. The predicted octanol–water partition coefficient (Wildman–Crippen LogP) is 4.20. The van der Waals surface area contributed by atoms with Crippen molar-refractivity contribution < 1.29 is 22.6 Å². The van der Waals surface area contributed by atoms with Crippen LogP contribution in [0.2, 0.25) is 0 Å². The molecule has 0 bridgehead atoms. The van der Waals surface area contributed by atoms with Gasteiger partial charge in [-0.05, 0) is 12.1 Å². The number of nitro benzene ring substituents is 1. The molecule has 1 heterocycles. The molecule has 10 heteroatoms. The molecule has 0 saturated heterocycles. The van der Waals surface area contributed by atoms with Gasteiger partial charge in [-0.1, -0.05) is 16.9 Å². The lowest BCUT2D eigenvalue weighted by molar-refractivity contribution is -0.384. The van der Waals surface area contributed by atoms with E-state index >= 15 is 0 Å². The summed E-state index contributed by atoms with van der Waals surface area (Å²) >= 11 is 0.934. The fraction of sp³-hybridized carbons (Fsp3) is 0.167. The van der Waals surface area contributed by atoms with Gasteiger partial charge in [-0.25, -0.2) is 4.39 Å². The summed E-state index contributed by atoms with van der Waals surface area (Å²) in [6.07, 6.45) is -2.78. The number of nitro groups is 1. The van der Waals surface area contributed by atoms with Crippen molar-refractivity contribution >= 4 is 17.4 Å². The van der Waals surface area contributed by atoms with Crippen LogP contribution in [0.3, 0.4) is 0 Å². The monoisotopic (exact) mass is 331 g/mol. The van der Waals surface area contributed by atoms with Crippen LogP contribution in [0, 0.1) is 10.1 Å². The molecule has 0 aliphatic rings. The van der Waals surface area contributed by atoms with Gasteiger partial charge in [-0.2, -0.15) is 13.8 Å². The minimum absolute atomic E-state index is 0.0189. The second-order valence-electron chi connectivity index (χ2n) is 3.95. The SMILES string of the molecule is O=[N+]([O-])c1ccc(-c2noc(SCCC(F)=C(F)F)n2)cc1. The van der Waals surface area contributed by atoms with Crippen LogP contribution in [-0.4, -0.2) is 20.8 Å². The summed E-state index contributed by atoms with van der Waals surface area (Å²) in [6.45, 7) is 0. The van der Waals surface area contributed by atoms with Gasteiger partial charge < -0.3 is 4.52 Å². The third-order valence-corrected chi connectivity index (χ3v) is 3.32. The summed E-state index contributed by atoms with van der Waals surface area (Å²) < 4.78 is 41.2. The average molecular weight is 331 g/mol. The van der Waals surface area contributed by atoms with E-state index < -0.39 is 23.3 Å². The number of halogens is 3. The summed E-state index contributed by atoms with van der Waals surface area (Å²) in [4.78, 5) is 14.0. The summed E-state index contributed by atoms with van der Waals surface area (Å²) in [6, 6.07) is 5.50. The fourth-order valence-corrected chi connectivity index (χ4v) is 2.14. The van der Waals surface area contributed by atoms with Crippen molar-refractivity contribution in [3.8, 4) is 11.4 Å². The van der Waals surface area contributed by atoms with Gasteiger partial charge in [-0.15, -0.1) is 0 Å². The number of rotatable bonds is 6. The lowest BCUT2D eigenvalue weighted by atomic mass is 10.2. The highest BCUT2D eigenvalue weighted by atomic mass is 32.2. The number of thioether (sulfide) groups is 1. The molecule has 2 rings (SSSR count). The van der Waals surface area contributed by atoms with E-state index in [0.29, 0.717) is 5.56 Å². The predicted molar refractivity (Wildman–Crippen MR) is 72.1 cm³/mol. The molecule has 0 atom stereocenters. The van der Waals surface area contributed by atoms with Crippen molar-refractivity contribution in [1.82, 2.24) is 10.1 Å². The van der Waals surface area contributed by atoms with E-state index in [1.165, 1.54) is 24.3 Å². The zero-order valence-electron chi connectivity index (χ0n) is 10.8. The first-order valence-corrected chi connectivity index (χ1v) is 6.87. The molecule has 0 spiro atoms. The highest BCUT2D eigenvalue weighted by Gasteiger charge is 2.12. The number of nitrogens with zero attached hydrogens (tertiary/aromatic N) is 3. The number of aromatic nitrogens is 2. The Bertz CT molecular complexity index is 699. The fourth-order valence-electron chi connectivity index (χ4n) is 1.44. The molecule has 0 fully saturated rings. The van der Waals surface area contributed by atoms with Crippen LogP contribution >= 0.6 is 11.8 Å². The standard InChI is InChI=1S/C12H8F3N3O3S/c13-9(10(14)15)5-6-22-12-16-11(17-21-12)7-1-3-8(4-2-7)18(19)20/h1-4H,5-6H2. The van der Waals surface area contributed by atoms with Crippen LogP contribution in [0.1, 0.15) is 6.42 Å². The number of hydrogen-bond donors (Lipinski definition) is 0. The average Bonchev–Trinajstić information content (AvgIpc) is 2.96. The molecule has 0 N–H and O–H groups in total. The minimum Gasteiger partial charge on any atom is -0.327 e. The van der Waals surface area contributed by atoms with E-state index in [4.69, 9.17) is 4.52 Å². The molecule has 0 saturated carbocycles. The lowest BCUT2D eigenvalue weighted by Crippen LogP contribution is -1.88. The number of non-ortho nitro benzene ring substituents is 1. The van der Waals surface area contributed by atoms with E-state index in [1.807, 2.05) is 0 Å². The van der Waals surface area contributed by atoms with Gasteiger partial charge in [0.2, 0.25) is 5.82 Å². The Kier molecular flexibility index (Phi) is 5.15. The maximum atomic E-state index is 12.6. The Balaban J connectivity index is 1.99. The maximum absolute atomic E-state index is 12.6. The molecular weight excluding hydrogens is 323 g/mol. The molecule has 0 amide bonds. The van der Waals surface area contributed by atoms with Crippen LogP contribution in [0.15, 0.2) is 45.9 Å². The maximum Gasteiger partial charge on any atom is 0.301 e. The summed E-state index contributed by atoms with van der Waals surface area (Å²) in [7, 11) is 0. The van der Waals surface area contributed by atoms with Crippen molar-refractivity contribution in [3.05, 3.63) is 46.3 Å². The number of allylic oxidation sites excluding steroid dienone is 1. The van der Waals surface area contributed by atoms with Gasteiger partial charge in [-0.3, -0.25) is 10.1 Å². The lowest BCUT2D eigenvalue weighted by Gasteiger charge is -1.94. The molecular formula is C12H8F3N3O3S. The van der Waals surface area contributed by atoms with E-state index in [1.54, 1.807) is 0 Å². The summed E-state index contributed by atoms with van der Waals surface area (Å²) in [5, 5.41) is 14.3. The van der Waals surface area contributed by atoms with Gasteiger partial charge in [0.1, 0.15) is 0 Å². The molecule has 0 aliphatic carbocycles. The largest absolute Gasteiger partial charge is 0.327 e. The topological polar surface area (TPSA) is 82.1 Å². The second-order valence-corrected chi connectivity index (χ2v) is 5.00. The van der Waals surface area contributed by atoms with Gasteiger partial charge in [0.05, 0.1) is 4.92 Å². The second kappa shape index (κ2) is 7.07. The van der Waals surface area contributed by atoms with Crippen LogP contribution < -0.4 is 0 Å². The molecule has 2 aromatic rings. The van der Waals surface area contributed by atoms with Crippen molar-refractivity contribution in [2.45, 2.75) is 11.6 Å². The Morgan fingerprint density at radius 2 is 1.95 bits per heavy atom. The van der Waals surface area contributed by atoms with Crippen molar-refractivity contribution in [2.24, 2.45) is 0 Å². The Morgan fingerprint density at radius 3 is 2.55 bits per heavy atom. The Labute approximate surface area is 126 Å². The van der Waals surface area contributed by atoms with E-state index in [0.717, 1.165) is 11.8 Å². The quantitative estimate of drug-likeness (QED) is 0.448. The Hall–Kier alpha value is -2.36. The van der Waals surface area contributed by atoms with Crippen molar-refractivity contribution in [3.63, 3.8) is 0 Å². The van der Waals surface area contributed by atoms with Crippen LogP contribution in [0.4, 0.5) is 18.9 Å². The minimum atomic E-state index is -2.34.